The quantitative estimate of drug-likeness (QED) is 0.731. The highest BCUT2D eigenvalue weighted by molar-refractivity contribution is 5.73. The molecule has 0 aliphatic carbocycles. The maximum Gasteiger partial charge on any atom is 0.177 e. The van der Waals surface area contributed by atoms with Crippen LogP contribution in [-0.2, 0) is 6.42 Å². The van der Waals surface area contributed by atoms with E-state index in [2.05, 4.69) is 21.9 Å². The van der Waals surface area contributed by atoms with Crippen molar-refractivity contribution in [2.45, 2.75) is 19.8 Å². The van der Waals surface area contributed by atoms with E-state index >= 15 is 0 Å². The monoisotopic (exact) mass is 161 g/mol. The van der Waals surface area contributed by atoms with Gasteiger partial charge in [0, 0.05) is 6.20 Å². The van der Waals surface area contributed by atoms with Crippen LogP contribution in [0.1, 0.15) is 18.9 Å². The maximum absolute atomic E-state index is 4.14. The van der Waals surface area contributed by atoms with Crippen molar-refractivity contribution >= 4 is 11.2 Å². The fourth-order valence-electron chi connectivity index (χ4n) is 1.38. The molecule has 0 atom stereocenters. The van der Waals surface area contributed by atoms with E-state index in [0.29, 0.717) is 0 Å². The zero-order valence-electron chi connectivity index (χ0n) is 7.04. The Morgan fingerprint density at radius 3 is 3.17 bits per heavy atom. The average Bonchev–Trinajstić information content (AvgIpc) is 2.53. The van der Waals surface area contributed by atoms with Gasteiger partial charge in [-0.25, -0.2) is 9.97 Å². The Bertz CT molecular complexity index is 378. The molecule has 0 aliphatic rings. The molecular weight excluding hydrogens is 150 g/mol. The Kier molecular flexibility index (Phi) is 1.78. The molecule has 0 radical (unpaired) electrons. The van der Waals surface area contributed by atoms with Gasteiger partial charge in [0.25, 0.3) is 0 Å². The number of rotatable bonds is 2. The molecule has 0 saturated carbocycles. The van der Waals surface area contributed by atoms with Crippen molar-refractivity contribution in [1.29, 1.82) is 0 Å². The molecular formula is C9H11N3. The first-order valence-corrected chi connectivity index (χ1v) is 4.18. The number of aromatic nitrogens is 3. The number of nitrogens with one attached hydrogen (secondary N) is 1. The second-order valence-corrected chi connectivity index (χ2v) is 2.82. The van der Waals surface area contributed by atoms with Gasteiger partial charge in [0.05, 0.1) is 11.8 Å². The summed E-state index contributed by atoms with van der Waals surface area (Å²) >= 11 is 0. The fraction of sp³-hybridized carbons (Fsp3) is 0.333. The summed E-state index contributed by atoms with van der Waals surface area (Å²) < 4.78 is 0. The zero-order valence-corrected chi connectivity index (χ0v) is 7.04. The highest BCUT2D eigenvalue weighted by Gasteiger charge is 2.01. The standard InChI is InChI=1S/C9H11N3/c1-2-3-7-4-5-10-9-8(7)11-6-12-9/h4-6H,2-3H2,1H3,(H,10,11,12). The Morgan fingerprint density at radius 1 is 1.42 bits per heavy atom. The van der Waals surface area contributed by atoms with E-state index < -0.39 is 0 Å². The van der Waals surface area contributed by atoms with Crippen LogP contribution in [0.5, 0.6) is 0 Å². The molecule has 12 heavy (non-hydrogen) atoms. The summed E-state index contributed by atoms with van der Waals surface area (Å²) in [4.78, 5) is 11.3. The Labute approximate surface area is 70.9 Å². The summed E-state index contributed by atoms with van der Waals surface area (Å²) in [5.41, 5.74) is 3.21. The predicted octanol–water partition coefficient (Wildman–Crippen LogP) is 1.91. The van der Waals surface area contributed by atoms with Crippen LogP contribution >= 0.6 is 0 Å². The SMILES string of the molecule is CCCc1ccnc2nc[nH]c12. The van der Waals surface area contributed by atoms with E-state index in [1.165, 1.54) is 5.56 Å². The number of fused-ring (bicyclic) bond motifs is 1. The predicted molar refractivity (Wildman–Crippen MR) is 47.9 cm³/mol. The Balaban J connectivity index is 2.57. The van der Waals surface area contributed by atoms with Gasteiger partial charge in [-0.15, -0.1) is 0 Å². The first-order chi connectivity index (χ1) is 5.92. The van der Waals surface area contributed by atoms with E-state index in [0.717, 1.165) is 24.0 Å². The number of aromatic amines is 1. The van der Waals surface area contributed by atoms with Crippen molar-refractivity contribution in [1.82, 2.24) is 15.0 Å². The molecule has 1 N–H and O–H groups in total. The summed E-state index contributed by atoms with van der Waals surface area (Å²) in [6, 6.07) is 2.05. The lowest BCUT2D eigenvalue weighted by atomic mass is 10.1. The number of H-pyrrole nitrogens is 1. The van der Waals surface area contributed by atoms with Gasteiger partial charge in [-0.1, -0.05) is 13.3 Å². The smallest absolute Gasteiger partial charge is 0.177 e. The van der Waals surface area contributed by atoms with Gasteiger partial charge in [0.15, 0.2) is 5.65 Å². The summed E-state index contributed by atoms with van der Waals surface area (Å²) in [7, 11) is 0. The van der Waals surface area contributed by atoms with E-state index in [1.807, 2.05) is 12.3 Å². The first kappa shape index (κ1) is 7.28. The number of aryl methyl sites for hydroxylation is 1. The molecule has 0 amide bonds. The normalized spacial score (nSPS) is 10.8. The van der Waals surface area contributed by atoms with Gasteiger partial charge in [-0.05, 0) is 18.1 Å². The third-order valence-corrected chi connectivity index (χ3v) is 1.93. The second-order valence-electron chi connectivity index (χ2n) is 2.82. The summed E-state index contributed by atoms with van der Waals surface area (Å²) in [6.07, 6.45) is 5.74. The van der Waals surface area contributed by atoms with Crippen LogP contribution in [0.3, 0.4) is 0 Å². The molecule has 0 saturated heterocycles. The van der Waals surface area contributed by atoms with Crippen molar-refractivity contribution in [3.05, 3.63) is 24.2 Å². The summed E-state index contributed by atoms with van der Waals surface area (Å²) in [5, 5.41) is 0. The van der Waals surface area contributed by atoms with Gasteiger partial charge in [-0.3, -0.25) is 0 Å². The lowest BCUT2D eigenvalue weighted by Gasteiger charge is -1.97. The molecule has 2 heterocycles. The summed E-state index contributed by atoms with van der Waals surface area (Å²) in [5.74, 6) is 0. The Morgan fingerprint density at radius 2 is 2.33 bits per heavy atom. The molecule has 2 aromatic rings. The first-order valence-electron chi connectivity index (χ1n) is 4.18. The van der Waals surface area contributed by atoms with Gasteiger partial charge in [0.1, 0.15) is 0 Å². The van der Waals surface area contributed by atoms with E-state index in [1.54, 1.807) is 6.33 Å². The minimum Gasteiger partial charge on any atom is -0.343 e. The van der Waals surface area contributed by atoms with Crippen molar-refractivity contribution in [2.75, 3.05) is 0 Å². The van der Waals surface area contributed by atoms with Crippen LogP contribution in [0, 0.1) is 0 Å². The lowest BCUT2D eigenvalue weighted by molar-refractivity contribution is 0.925. The van der Waals surface area contributed by atoms with E-state index in [4.69, 9.17) is 0 Å². The minimum absolute atomic E-state index is 0.820. The van der Waals surface area contributed by atoms with Crippen molar-refractivity contribution in [3.63, 3.8) is 0 Å². The van der Waals surface area contributed by atoms with Gasteiger partial charge in [-0.2, -0.15) is 0 Å². The van der Waals surface area contributed by atoms with Gasteiger partial charge in [0.2, 0.25) is 0 Å². The van der Waals surface area contributed by atoms with Gasteiger partial charge >= 0.3 is 0 Å². The molecule has 2 aromatic heterocycles. The highest BCUT2D eigenvalue weighted by Crippen LogP contribution is 2.13. The molecule has 0 aromatic carbocycles. The highest BCUT2D eigenvalue weighted by atomic mass is 14.9. The minimum atomic E-state index is 0.820. The molecule has 0 unspecified atom stereocenters. The molecule has 3 heteroatoms. The van der Waals surface area contributed by atoms with E-state index in [-0.39, 0.29) is 0 Å². The van der Waals surface area contributed by atoms with E-state index in [9.17, 15) is 0 Å². The largest absolute Gasteiger partial charge is 0.343 e. The number of hydrogen-bond acceptors (Lipinski definition) is 2. The van der Waals surface area contributed by atoms with Gasteiger partial charge < -0.3 is 4.98 Å². The second kappa shape index (κ2) is 2.93. The van der Waals surface area contributed by atoms with Crippen LogP contribution in [0.25, 0.3) is 11.2 Å². The molecule has 62 valence electrons. The fourth-order valence-corrected chi connectivity index (χ4v) is 1.38. The van der Waals surface area contributed by atoms with Crippen molar-refractivity contribution < 1.29 is 0 Å². The third kappa shape index (κ3) is 1.07. The number of hydrogen-bond donors (Lipinski definition) is 1. The molecule has 0 spiro atoms. The Hall–Kier alpha value is -1.38. The van der Waals surface area contributed by atoms with Crippen molar-refractivity contribution in [3.8, 4) is 0 Å². The van der Waals surface area contributed by atoms with Crippen LogP contribution in [0.2, 0.25) is 0 Å². The topological polar surface area (TPSA) is 41.6 Å². The number of pyridine rings is 1. The van der Waals surface area contributed by atoms with Crippen LogP contribution in [-0.4, -0.2) is 15.0 Å². The molecule has 0 aliphatic heterocycles. The lowest BCUT2D eigenvalue weighted by Crippen LogP contribution is -1.86. The average molecular weight is 161 g/mol. The summed E-state index contributed by atoms with van der Waals surface area (Å²) in [6.45, 7) is 2.17. The number of nitrogens with zero attached hydrogens (tertiary/aromatic N) is 2. The van der Waals surface area contributed by atoms with Crippen LogP contribution < -0.4 is 0 Å². The van der Waals surface area contributed by atoms with Crippen LogP contribution in [0.4, 0.5) is 0 Å². The molecule has 3 nitrogen and oxygen atoms in total. The third-order valence-electron chi connectivity index (χ3n) is 1.93. The zero-order chi connectivity index (χ0) is 8.39. The van der Waals surface area contributed by atoms with Crippen LogP contribution in [0.15, 0.2) is 18.6 Å². The van der Waals surface area contributed by atoms with Crippen molar-refractivity contribution in [2.24, 2.45) is 0 Å². The molecule has 2 rings (SSSR count). The molecule has 0 bridgehead atoms. The number of imidazole rings is 1. The maximum atomic E-state index is 4.14. The molecule has 0 fully saturated rings.